The molecule has 0 bridgehead atoms. The molecule has 0 aliphatic carbocycles. The van der Waals surface area contributed by atoms with Gasteiger partial charge >= 0.3 is 5.97 Å². The maximum absolute atomic E-state index is 11.8. The van der Waals surface area contributed by atoms with Crippen LogP contribution in [0.1, 0.15) is 23.3 Å². The highest BCUT2D eigenvalue weighted by Crippen LogP contribution is 2.21. The molecule has 6 nitrogen and oxygen atoms in total. The van der Waals surface area contributed by atoms with Crippen LogP contribution < -0.4 is 5.32 Å². The van der Waals surface area contributed by atoms with Gasteiger partial charge < -0.3 is 15.2 Å². The van der Waals surface area contributed by atoms with Crippen LogP contribution in [0.15, 0.2) is 10.9 Å². The molecule has 1 aromatic rings. The molecule has 1 amide bonds. The van der Waals surface area contributed by atoms with Crippen molar-refractivity contribution in [2.75, 3.05) is 13.2 Å². The van der Waals surface area contributed by atoms with Crippen molar-refractivity contribution in [2.45, 2.75) is 18.4 Å². The number of thiazole rings is 1. The van der Waals surface area contributed by atoms with Gasteiger partial charge in [0.05, 0.1) is 5.51 Å². The summed E-state index contributed by atoms with van der Waals surface area (Å²) in [5, 5.41) is 13.4. The Balaban J connectivity index is 2.13. The predicted octanol–water partition coefficient (Wildman–Crippen LogP) is 0.507. The van der Waals surface area contributed by atoms with Gasteiger partial charge in [-0.15, -0.1) is 11.3 Å². The van der Waals surface area contributed by atoms with Crippen molar-refractivity contribution in [1.82, 2.24) is 10.3 Å². The summed E-state index contributed by atoms with van der Waals surface area (Å²) >= 11 is 1.29. The minimum atomic E-state index is -1.22. The van der Waals surface area contributed by atoms with E-state index in [0.29, 0.717) is 13.2 Å². The maximum atomic E-state index is 11.8. The standard InChI is InChI=1S/C10H12N2O4S/c13-8(7-5-17-6-11-7)12-10(9(14)15)1-3-16-4-2-10/h5-6H,1-4H2,(H,12,13)(H,14,15). The van der Waals surface area contributed by atoms with E-state index in [2.05, 4.69) is 10.3 Å². The highest BCUT2D eigenvalue weighted by Gasteiger charge is 2.41. The number of aromatic nitrogens is 1. The van der Waals surface area contributed by atoms with E-state index in [0.717, 1.165) is 0 Å². The number of carbonyl (C=O) groups is 2. The number of carboxylic acids is 1. The molecular weight excluding hydrogens is 244 g/mol. The third kappa shape index (κ3) is 2.45. The number of aliphatic carboxylic acids is 1. The molecule has 1 saturated heterocycles. The molecule has 0 aromatic carbocycles. The van der Waals surface area contributed by atoms with Gasteiger partial charge in [-0.1, -0.05) is 0 Å². The number of rotatable bonds is 3. The Morgan fingerprint density at radius 1 is 1.47 bits per heavy atom. The van der Waals surface area contributed by atoms with E-state index in [-0.39, 0.29) is 18.5 Å². The largest absolute Gasteiger partial charge is 0.480 e. The first-order valence-corrected chi connectivity index (χ1v) is 6.10. The van der Waals surface area contributed by atoms with Gasteiger partial charge in [-0.05, 0) is 0 Å². The molecule has 2 N–H and O–H groups in total. The molecule has 0 radical (unpaired) electrons. The first-order chi connectivity index (χ1) is 8.14. The average molecular weight is 256 g/mol. The number of carbonyl (C=O) groups excluding carboxylic acids is 1. The van der Waals surface area contributed by atoms with Gasteiger partial charge in [0.25, 0.3) is 5.91 Å². The molecule has 1 aromatic heterocycles. The number of ether oxygens (including phenoxy) is 1. The first-order valence-electron chi connectivity index (χ1n) is 5.16. The fourth-order valence-electron chi connectivity index (χ4n) is 1.72. The second kappa shape index (κ2) is 4.80. The van der Waals surface area contributed by atoms with Crippen molar-refractivity contribution in [3.05, 3.63) is 16.6 Å². The number of nitrogens with one attached hydrogen (secondary N) is 1. The molecular formula is C10H12N2O4S. The lowest BCUT2D eigenvalue weighted by atomic mass is 9.90. The van der Waals surface area contributed by atoms with Gasteiger partial charge in [0, 0.05) is 31.4 Å². The Labute approximate surface area is 102 Å². The van der Waals surface area contributed by atoms with Crippen molar-refractivity contribution >= 4 is 23.2 Å². The van der Waals surface area contributed by atoms with Crippen LogP contribution in [0.3, 0.4) is 0 Å². The third-order valence-electron chi connectivity index (χ3n) is 2.77. The smallest absolute Gasteiger partial charge is 0.329 e. The lowest BCUT2D eigenvalue weighted by molar-refractivity contribution is -0.148. The summed E-state index contributed by atoms with van der Waals surface area (Å²) in [4.78, 5) is 27.0. The molecule has 1 aliphatic heterocycles. The summed E-state index contributed by atoms with van der Waals surface area (Å²) in [5.74, 6) is -1.47. The highest BCUT2D eigenvalue weighted by atomic mass is 32.1. The normalized spacial score (nSPS) is 18.6. The Hall–Kier alpha value is -1.47. The van der Waals surface area contributed by atoms with Crippen LogP contribution in [0.25, 0.3) is 0 Å². The van der Waals surface area contributed by atoms with E-state index in [1.165, 1.54) is 16.8 Å². The van der Waals surface area contributed by atoms with Crippen LogP contribution in [0.4, 0.5) is 0 Å². The third-order valence-corrected chi connectivity index (χ3v) is 3.36. The molecule has 2 heterocycles. The quantitative estimate of drug-likeness (QED) is 0.822. The first kappa shape index (κ1) is 12.0. The Morgan fingerprint density at radius 2 is 2.18 bits per heavy atom. The van der Waals surface area contributed by atoms with Crippen molar-refractivity contribution in [2.24, 2.45) is 0 Å². The molecule has 2 rings (SSSR count). The molecule has 1 fully saturated rings. The Bertz CT molecular complexity index is 412. The topological polar surface area (TPSA) is 88.5 Å². The summed E-state index contributed by atoms with van der Waals surface area (Å²) in [5.41, 5.74) is 0.563. The summed E-state index contributed by atoms with van der Waals surface area (Å²) in [6.45, 7) is 0.674. The average Bonchev–Trinajstić information content (AvgIpc) is 2.83. The van der Waals surface area contributed by atoms with E-state index < -0.39 is 17.4 Å². The van der Waals surface area contributed by atoms with E-state index in [1.807, 2.05) is 0 Å². The van der Waals surface area contributed by atoms with Gasteiger partial charge in [0.2, 0.25) is 0 Å². The van der Waals surface area contributed by atoms with Gasteiger partial charge in [0.1, 0.15) is 11.2 Å². The highest BCUT2D eigenvalue weighted by molar-refractivity contribution is 7.07. The predicted molar refractivity (Wildman–Crippen MR) is 60.0 cm³/mol. The molecule has 0 spiro atoms. The lowest BCUT2D eigenvalue weighted by Crippen LogP contribution is -2.57. The van der Waals surface area contributed by atoms with Gasteiger partial charge in [-0.3, -0.25) is 4.79 Å². The van der Waals surface area contributed by atoms with Crippen molar-refractivity contribution < 1.29 is 19.4 Å². The van der Waals surface area contributed by atoms with Crippen LogP contribution in [0, 0.1) is 0 Å². The SMILES string of the molecule is O=C(NC1(C(=O)O)CCOCC1)c1cscn1. The molecule has 1 aliphatic rings. The zero-order chi connectivity index (χ0) is 12.3. The number of carboxylic acid groups (broad SMARTS) is 1. The van der Waals surface area contributed by atoms with Gasteiger partial charge in [-0.2, -0.15) is 0 Å². The molecule has 0 unspecified atom stereocenters. The number of nitrogens with zero attached hydrogens (tertiary/aromatic N) is 1. The second-order valence-electron chi connectivity index (χ2n) is 3.83. The monoisotopic (exact) mass is 256 g/mol. The maximum Gasteiger partial charge on any atom is 0.329 e. The summed E-state index contributed by atoms with van der Waals surface area (Å²) in [7, 11) is 0. The molecule has 92 valence electrons. The van der Waals surface area contributed by atoms with Gasteiger partial charge in [0.15, 0.2) is 0 Å². The Kier molecular flexibility index (Phi) is 3.39. The lowest BCUT2D eigenvalue weighted by Gasteiger charge is -2.33. The Morgan fingerprint density at radius 3 is 2.71 bits per heavy atom. The molecule has 0 atom stereocenters. The summed E-state index contributed by atoms with van der Waals surface area (Å²) < 4.78 is 5.12. The summed E-state index contributed by atoms with van der Waals surface area (Å²) in [6, 6.07) is 0. The summed E-state index contributed by atoms with van der Waals surface area (Å²) in [6.07, 6.45) is 0.552. The van der Waals surface area contributed by atoms with Crippen molar-refractivity contribution in [3.63, 3.8) is 0 Å². The number of hydrogen-bond donors (Lipinski definition) is 2. The van der Waals surface area contributed by atoms with Crippen molar-refractivity contribution in [1.29, 1.82) is 0 Å². The van der Waals surface area contributed by atoms with Crippen LogP contribution in [0.5, 0.6) is 0 Å². The van der Waals surface area contributed by atoms with E-state index in [4.69, 9.17) is 4.74 Å². The molecule has 7 heteroatoms. The van der Waals surface area contributed by atoms with Crippen molar-refractivity contribution in [3.8, 4) is 0 Å². The molecule has 17 heavy (non-hydrogen) atoms. The van der Waals surface area contributed by atoms with Crippen LogP contribution in [-0.2, 0) is 9.53 Å². The zero-order valence-electron chi connectivity index (χ0n) is 9.01. The van der Waals surface area contributed by atoms with Crippen LogP contribution in [0.2, 0.25) is 0 Å². The minimum Gasteiger partial charge on any atom is -0.480 e. The minimum absolute atomic E-state index is 0.252. The number of hydrogen-bond acceptors (Lipinski definition) is 5. The van der Waals surface area contributed by atoms with Crippen LogP contribution in [-0.4, -0.2) is 40.7 Å². The zero-order valence-corrected chi connectivity index (χ0v) is 9.83. The van der Waals surface area contributed by atoms with Gasteiger partial charge in [-0.25, -0.2) is 9.78 Å². The molecule has 0 saturated carbocycles. The van der Waals surface area contributed by atoms with E-state index >= 15 is 0 Å². The fourth-order valence-corrected chi connectivity index (χ4v) is 2.25. The van der Waals surface area contributed by atoms with E-state index in [9.17, 15) is 14.7 Å². The van der Waals surface area contributed by atoms with E-state index in [1.54, 1.807) is 5.38 Å². The second-order valence-corrected chi connectivity index (χ2v) is 4.55. The number of amides is 1. The fraction of sp³-hybridized carbons (Fsp3) is 0.500. The van der Waals surface area contributed by atoms with Crippen LogP contribution >= 0.6 is 11.3 Å².